The number of nitrogens with zero attached hydrogens (tertiary/aromatic N) is 4. The molecule has 0 aromatic carbocycles. The average Bonchev–Trinajstić information content (AvgIpc) is 2.88. The normalized spacial score (nSPS) is 18.1. The zero-order chi connectivity index (χ0) is 19.2. The summed E-state index contributed by atoms with van der Waals surface area (Å²) in [5.74, 6) is 0. The van der Waals surface area contributed by atoms with Gasteiger partial charge in [-0.2, -0.15) is 0 Å². The third-order valence-corrected chi connectivity index (χ3v) is 3.08. The molecule has 0 spiro atoms. The molecule has 0 saturated carbocycles. The predicted octanol–water partition coefficient (Wildman–Crippen LogP) is 0.962. The number of aromatic nitrogens is 4. The van der Waals surface area contributed by atoms with Crippen LogP contribution in [0.3, 0.4) is 0 Å². The first-order valence-corrected chi connectivity index (χ1v) is 6.13. The molecule has 2 heterocycles. The van der Waals surface area contributed by atoms with Gasteiger partial charge < -0.3 is 4.57 Å². The Balaban J connectivity index is 2.26. The fraction of sp³-hybridized carbons (Fsp3) is 0.615. The number of rotatable bonds is 5. The largest absolute Gasteiger partial charge is 0.332 e. The molecule has 0 bridgehead atoms. The number of alkyl halides is 1. The van der Waals surface area contributed by atoms with Crippen molar-refractivity contribution < 1.29 is 11.2 Å². The van der Waals surface area contributed by atoms with E-state index >= 15 is 0 Å². The van der Waals surface area contributed by atoms with Gasteiger partial charge in [0.1, 0.15) is 0 Å². The zero-order valence-corrected chi connectivity index (χ0v) is 11.3. The van der Waals surface area contributed by atoms with Gasteiger partial charge in [0, 0.05) is 27.5 Å². The summed E-state index contributed by atoms with van der Waals surface area (Å²) in [5.41, 5.74) is -0.748. The highest BCUT2D eigenvalue weighted by molar-refractivity contribution is 5.69. The highest BCUT2D eigenvalue weighted by Crippen LogP contribution is 2.06. The van der Waals surface area contributed by atoms with Crippen molar-refractivity contribution in [1.29, 1.82) is 0 Å². The van der Waals surface area contributed by atoms with E-state index in [1.54, 1.807) is 7.05 Å². The maximum Gasteiger partial charge on any atom is 0.332 e. The second-order valence-corrected chi connectivity index (χ2v) is 4.50. The molecule has 2 aromatic rings. The Morgan fingerprint density at radius 1 is 1.45 bits per heavy atom. The van der Waals surface area contributed by atoms with Crippen molar-refractivity contribution >= 4 is 11.2 Å². The van der Waals surface area contributed by atoms with Crippen LogP contribution < -0.4 is 11.2 Å². The monoisotopic (exact) mass is 287 g/mol. The minimum Gasteiger partial charge on any atom is -0.328 e. The van der Waals surface area contributed by atoms with Gasteiger partial charge in [-0.25, -0.2) is 14.2 Å². The van der Waals surface area contributed by atoms with E-state index in [0.29, 0.717) is 0 Å². The fourth-order valence-corrected chi connectivity index (χ4v) is 2.06. The van der Waals surface area contributed by atoms with Crippen LogP contribution in [0.2, 0.25) is 0 Å². The molecular weight excluding hydrogens is 263 g/mol. The van der Waals surface area contributed by atoms with Crippen LogP contribution >= 0.6 is 0 Å². The summed E-state index contributed by atoms with van der Waals surface area (Å²) in [4.78, 5) is 28.7. The molecular formula is C13H19FN4O2. The van der Waals surface area contributed by atoms with Crippen LogP contribution in [0.1, 0.15) is 32.9 Å². The Bertz CT molecular complexity index is 899. The summed E-state index contributed by atoms with van der Waals surface area (Å²) in [6.07, 6.45) is -4.33. The van der Waals surface area contributed by atoms with E-state index in [2.05, 4.69) is 4.98 Å². The summed E-state index contributed by atoms with van der Waals surface area (Å²) in [6.45, 7) is -3.22. The number of aryl methyl sites for hydroxylation is 2. The van der Waals surface area contributed by atoms with Crippen molar-refractivity contribution in [1.82, 2.24) is 18.7 Å². The van der Waals surface area contributed by atoms with Crippen molar-refractivity contribution in [2.45, 2.75) is 38.8 Å². The molecule has 0 N–H and O–H groups in total. The third kappa shape index (κ3) is 2.52. The minimum absolute atomic E-state index is 0.0675. The average molecular weight is 287 g/mol. The summed E-state index contributed by atoms with van der Waals surface area (Å²) in [5, 5.41) is 0. The van der Waals surface area contributed by atoms with Crippen LogP contribution in [0.4, 0.5) is 4.39 Å². The zero-order valence-electron chi connectivity index (χ0n) is 16.3. The number of fused-ring (bicyclic) bond motifs is 1. The van der Waals surface area contributed by atoms with Crippen molar-refractivity contribution in [3.05, 3.63) is 27.2 Å². The lowest BCUT2D eigenvalue weighted by molar-refractivity contribution is 0.328. The molecule has 2 aromatic heterocycles. The van der Waals surface area contributed by atoms with Gasteiger partial charge in [0.05, 0.1) is 12.5 Å². The lowest BCUT2D eigenvalue weighted by Gasteiger charge is -2.08. The van der Waals surface area contributed by atoms with Gasteiger partial charge in [0.2, 0.25) is 0 Å². The second-order valence-electron chi connectivity index (χ2n) is 4.50. The van der Waals surface area contributed by atoms with Crippen LogP contribution in [0.25, 0.3) is 11.2 Å². The Labute approximate surface area is 122 Å². The van der Waals surface area contributed by atoms with Crippen LogP contribution in [0, 0.1) is 0 Å². The molecule has 1 atom stereocenters. The van der Waals surface area contributed by atoms with Crippen LogP contribution in [-0.2, 0) is 20.6 Å². The molecule has 0 radical (unpaired) electrons. The van der Waals surface area contributed by atoms with E-state index in [0.717, 1.165) is 4.57 Å². The molecule has 1 unspecified atom stereocenters. The van der Waals surface area contributed by atoms with E-state index in [4.69, 9.17) is 6.85 Å². The lowest BCUT2D eigenvalue weighted by atomic mass is 10.2. The van der Waals surface area contributed by atoms with Crippen molar-refractivity contribution in [2.24, 2.45) is 14.1 Å². The van der Waals surface area contributed by atoms with E-state index in [-0.39, 0.29) is 24.1 Å². The minimum atomic E-state index is -3.07. The molecule has 20 heavy (non-hydrogen) atoms. The number of hydrogen-bond donors (Lipinski definition) is 0. The Hall–Kier alpha value is -1.92. The van der Waals surface area contributed by atoms with E-state index < -0.39 is 37.1 Å². The van der Waals surface area contributed by atoms with Crippen LogP contribution in [0.5, 0.6) is 0 Å². The lowest BCUT2D eigenvalue weighted by Crippen LogP contribution is -2.39. The SMILES string of the molecule is [2H]C([2H])([2H])C(F)C([2H])([2H])CCCn1c(=O)c2c(ncn2C)n(C)c1=O. The molecule has 0 saturated heterocycles. The Kier molecular flexibility index (Phi) is 2.55. The maximum atomic E-state index is 13.8. The van der Waals surface area contributed by atoms with Gasteiger partial charge in [-0.05, 0) is 26.1 Å². The highest BCUT2D eigenvalue weighted by atomic mass is 19.1. The first kappa shape index (κ1) is 9.10. The molecule has 0 aliphatic heterocycles. The molecule has 0 aliphatic carbocycles. The number of imidazole rings is 1. The molecule has 7 heteroatoms. The predicted molar refractivity (Wildman–Crippen MR) is 74.6 cm³/mol. The third-order valence-electron chi connectivity index (χ3n) is 3.08. The van der Waals surface area contributed by atoms with Gasteiger partial charge in [-0.3, -0.25) is 13.9 Å². The standard InChI is InChI=1S/C13H19FN4O2/c1-9(14)6-4-5-7-18-12(19)10-11(15-8-16(10)2)17(3)13(18)20/h8-9H,4-7H2,1-3H3/i1D3,6D2. The summed E-state index contributed by atoms with van der Waals surface area (Å²) in [6, 6.07) is 0. The molecule has 110 valence electrons. The number of halogens is 1. The second kappa shape index (κ2) is 5.60. The van der Waals surface area contributed by atoms with Crippen molar-refractivity contribution in [3.63, 3.8) is 0 Å². The summed E-state index contributed by atoms with van der Waals surface area (Å²) >= 11 is 0. The highest BCUT2D eigenvalue weighted by Gasteiger charge is 2.14. The maximum absolute atomic E-state index is 13.8. The molecule has 6 nitrogen and oxygen atoms in total. The molecule has 2 rings (SSSR count). The topological polar surface area (TPSA) is 61.8 Å². The van der Waals surface area contributed by atoms with Gasteiger partial charge in [0.25, 0.3) is 5.56 Å². The molecule has 0 fully saturated rings. The van der Waals surface area contributed by atoms with Gasteiger partial charge >= 0.3 is 5.69 Å². The van der Waals surface area contributed by atoms with E-state index in [1.807, 2.05) is 0 Å². The first-order valence-electron chi connectivity index (χ1n) is 8.63. The fourth-order valence-electron chi connectivity index (χ4n) is 2.06. The van der Waals surface area contributed by atoms with Crippen LogP contribution in [-0.4, -0.2) is 24.9 Å². The van der Waals surface area contributed by atoms with Crippen LogP contribution in [0.15, 0.2) is 15.9 Å². The van der Waals surface area contributed by atoms with Crippen molar-refractivity contribution in [2.75, 3.05) is 0 Å². The Morgan fingerprint density at radius 2 is 2.20 bits per heavy atom. The smallest absolute Gasteiger partial charge is 0.328 e. The van der Waals surface area contributed by atoms with E-state index in [9.17, 15) is 14.0 Å². The molecule has 0 aliphatic rings. The first-order chi connectivity index (χ1) is 11.4. The number of hydrogen-bond acceptors (Lipinski definition) is 3. The van der Waals surface area contributed by atoms with Crippen molar-refractivity contribution in [3.8, 4) is 0 Å². The molecule has 0 amide bonds. The summed E-state index contributed by atoms with van der Waals surface area (Å²) < 4.78 is 53.5. The summed E-state index contributed by atoms with van der Waals surface area (Å²) in [7, 11) is 3.06. The Morgan fingerprint density at radius 3 is 2.90 bits per heavy atom. The van der Waals surface area contributed by atoms with Gasteiger partial charge in [-0.15, -0.1) is 0 Å². The van der Waals surface area contributed by atoms with Gasteiger partial charge in [-0.1, -0.05) is 0 Å². The van der Waals surface area contributed by atoms with E-state index in [1.165, 1.54) is 22.5 Å². The quantitative estimate of drug-likeness (QED) is 0.823. The van der Waals surface area contributed by atoms with Gasteiger partial charge in [0.15, 0.2) is 11.2 Å².